The highest BCUT2D eigenvalue weighted by Gasteiger charge is 2.39. The highest BCUT2D eigenvalue weighted by Crippen LogP contribution is 2.44. The number of hydrogen-bond donors (Lipinski definition) is 3. The second-order valence-corrected chi connectivity index (χ2v) is 6.94. The van der Waals surface area contributed by atoms with E-state index in [0.29, 0.717) is 10.9 Å². The molecule has 2 heterocycles. The van der Waals surface area contributed by atoms with E-state index in [9.17, 15) is 5.11 Å². The van der Waals surface area contributed by atoms with E-state index in [-0.39, 0.29) is 0 Å². The van der Waals surface area contributed by atoms with Crippen molar-refractivity contribution in [3.05, 3.63) is 28.9 Å². The first-order valence-corrected chi connectivity index (χ1v) is 8.11. The van der Waals surface area contributed by atoms with Gasteiger partial charge in [0.1, 0.15) is 0 Å². The topological polar surface area (TPSA) is 60.9 Å². The molecule has 4 rings (SSSR count). The number of fused-ring (bicyclic) bond motifs is 3. The van der Waals surface area contributed by atoms with Crippen LogP contribution in [0.3, 0.4) is 0 Å². The molecule has 0 spiro atoms. The van der Waals surface area contributed by atoms with E-state index in [2.05, 4.69) is 15.5 Å². The molecule has 1 saturated carbocycles. The van der Waals surface area contributed by atoms with Crippen LogP contribution in [-0.4, -0.2) is 28.4 Å². The Bertz CT molecular complexity index is 640. The second-order valence-electron chi connectivity index (χ2n) is 6.50. The van der Waals surface area contributed by atoms with E-state index in [1.807, 2.05) is 12.1 Å². The van der Waals surface area contributed by atoms with Crippen molar-refractivity contribution in [1.29, 1.82) is 0 Å². The first kappa shape index (κ1) is 13.6. The molecule has 1 aliphatic carbocycles. The maximum Gasteiger partial charge on any atom is 0.0814 e. The molecule has 2 aliphatic rings. The van der Waals surface area contributed by atoms with Crippen LogP contribution in [0.15, 0.2) is 18.3 Å². The SMILES string of the molecule is OC(CC1C2CCC1CNC2)c1cc(Cl)cc2cn[nH]c12. The molecule has 2 fully saturated rings. The van der Waals surface area contributed by atoms with Crippen molar-refractivity contribution in [2.24, 2.45) is 17.8 Å². The van der Waals surface area contributed by atoms with E-state index in [0.717, 1.165) is 47.8 Å². The Labute approximate surface area is 128 Å². The molecule has 2 bridgehead atoms. The van der Waals surface area contributed by atoms with E-state index < -0.39 is 6.10 Å². The van der Waals surface area contributed by atoms with Gasteiger partial charge in [0, 0.05) is 16.0 Å². The summed E-state index contributed by atoms with van der Waals surface area (Å²) in [5.74, 6) is 2.06. The summed E-state index contributed by atoms with van der Waals surface area (Å²) in [5, 5.41) is 22.9. The van der Waals surface area contributed by atoms with Crippen molar-refractivity contribution in [3.63, 3.8) is 0 Å². The number of halogens is 1. The second kappa shape index (κ2) is 5.27. The van der Waals surface area contributed by atoms with Crippen LogP contribution in [0, 0.1) is 17.8 Å². The minimum absolute atomic E-state index is 0.474. The number of aromatic amines is 1. The third-order valence-electron chi connectivity index (χ3n) is 5.33. The number of benzene rings is 1. The standard InChI is InChI=1S/C16H20ClN3O/c17-12-3-11-8-19-20-16(11)14(4-12)15(21)5-13-9-1-2-10(13)7-18-6-9/h3-4,8-10,13,15,18,21H,1-2,5-7H2,(H,19,20). The van der Waals surface area contributed by atoms with Crippen molar-refractivity contribution in [3.8, 4) is 0 Å². The largest absolute Gasteiger partial charge is 0.388 e. The summed E-state index contributed by atoms with van der Waals surface area (Å²) in [6.07, 6.45) is 4.70. The van der Waals surface area contributed by atoms with Crippen molar-refractivity contribution < 1.29 is 5.11 Å². The van der Waals surface area contributed by atoms with Crippen LogP contribution in [-0.2, 0) is 0 Å². The summed E-state index contributed by atoms with van der Waals surface area (Å²) in [7, 11) is 0. The number of rotatable bonds is 3. The molecule has 1 aromatic carbocycles. The smallest absolute Gasteiger partial charge is 0.0814 e. The van der Waals surface area contributed by atoms with Gasteiger partial charge in [0.2, 0.25) is 0 Å². The first-order chi connectivity index (χ1) is 10.2. The Morgan fingerprint density at radius 3 is 2.81 bits per heavy atom. The van der Waals surface area contributed by atoms with Crippen molar-refractivity contribution in [2.45, 2.75) is 25.4 Å². The zero-order valence-electron chi connectivity index (χ0n) is 11.8. The highest BCUT2D eigenvalue weighted by molar-refractivity contribution is 6.31. The molecule has 112 valence electrons. The Balaban J connectivity index is 1.61. The lowest BCUT2D eigenvalue weighted by atomic mass is 9.81. The lowest BCUT2D eigenvalue weighted by Crippen LogP contribution is -2.38. The molecule has 21 heavy (non-hydrogen) atoms. The molecular formula is C16H20ClN3O. The number of aliphatic hydroxyl groups excluding tert-OH is 1. The van der Waals surface area contributed by atoms with Gasteiger partial charge in [0.15, 0.2) is 0 Å². The maximum absolute atomic E-state index is 10.8. The average Bonchev–Trinajstić information content (AvgIpc) is 2.99. The van der Waals surface area contributed by atoms with E-state index in [4.69, 9.17) is 11.6 Å². The van der Waals surface area contributed by atoms with E-state index >= 15 is 0 Å². The third-order valence-corrected chi connectivity index (χ3v) is 5.55. The third kappa shape index (κ3) is 2.35. The van der Waals surface area contributed by atoms with Crippen molar-refractivity contribution in [2.75, 3.05) is 13.1 Å². The van der Waals surface area contributed by atoms with Gasteiger partial charge in [-0.25, -0.2) is 0 Å². The predicted octanol–water partition coefficient (Wildman–Crippen LogP) is 2.89. The molecule has 5 heteroatoms. The summed E-state index contributed by atoms with van der Waals surface area (Å²) in [5.41, 5.74) is 1.79. The fraction of sp³-hybridized carbons (Fsp3) is 0.562. The minimum Gasteiger partial charge on any atom is -0.388 e. The number of hydrogen-bond acceptors (Lipinski definition) is 3. The maximum atomic E-state index is 10.8. The average molecular weight is 306 g/mol. The van der Waals surface area contributed by atoms with Crippen LogP contribution in [0.25, 0.3) is 10.9 Å². The summed E-state index contributed by atoms with van der Waals surface area (Å²) >= 11 is 6.17. The molecule has 3 N–H and O–H groups in total. The van der Waals surface area contributed by atoms with Crippen LogP contribution in [0.1, 0.15) is 30.9 Å². The molecule has 1 aromatic heterocycles. The van der Waals surface area contributed by atoms with Crippen LogP contribution < -0.4 is 5.32 Å². The minimum atomic E-state index is -0.474. The van der Waals surface area contributed by atoms with Gasteiger partial charge in [0.25, 0.3) is 0 Å². The zero-order valence-corrected chi connectivity index (χ0v) is 12.6. The Hall–Kier alpha value is -1.10. The van der Waals surface area contributed by atoms with Gasteiger partial charge in [0.05, 0.1) is 17.8 Å². The summed E-state index contributed by atoms with van der Waals surface area (Å²) in [6, 6.07) is 3.75. The van der Waals surface area contributed by atoms with Gasteiger partial charge in [-0.3, -0.25) is 5.10 Å². The molecule has 1 saturated heterocycles. The van der Waals surface area contributed by atoms with E-state index in [1.54, 1.807) is 6.20 Å². The highest BCUT2D eigenvalue weighted by atomic mass is 35.5. The van der Waals surface area contributed by atoms with Gasteiger partial charge in [-0.2, -0.15) is 5.10 Å². The van der Waals surface area contributed by atoms with Crippen LogP contribution in [0.5, 0.6) is 0 Å². The van der Waals surface area contributed by atoms with Crippen LogP contribution in [0.4, 0.5) is 0 Å². The Morgan fingerprint density at radius 1 is 1.29 bits per heavy atom. The summed E-state index contributed by atoms with van der Waals surface area (Å²) in [6.45, 7) is 2.20. The van der Waals surface area contributed by atoms with Crippen molar-refractivity contribution in [1.82, 2.24) is 15.5 Å². The normalized spacial score (nSPS) is 29.9. The molecule has 1 aliphatic heterocycles. The zero-order chi connectivity index (χ0) is 14.4. The molecule has 0 radical (unpaired) electrons. The lowest BCUT2D eigenvalue weighted by Gasteiger charge is -2.32. The summed E-state index contributed by atoms with van der Waals surface area (Å²) < 4.78 is 0. The predicted molar refractivity (Wildman–Crippen MR) is 83.3 cm³/mol. The van der Waals surface area contributed by atoms with Gasteiger partial charge >= 0.3 is 0 Å². The van der Waals surface area contributed by atoms with Crippen LogP contribution in [0.2, 0.25) is 5.02 Å². The molecule has 0 amide bonds. The first-order valence-electron chi connectivity index (χ1n) is 7.73. The van der Waals surface area contributed by atoms with E-state index in [1.165, 1.54) is 12.8 Å². The molecular weight excluding hydrogens is 286 g/mol. The molecule has 3 unspecified atom stereocenters. The number of H-pyrrole nitrogens is 1. The summed E-state index contributed by atoms with van der Waals surface area (Å²) in [4.78, 5) is 0. The number of nitrogens with one attached hydrogen (secondary N) is 2. The van der Waals surface area contributed by atoms with Gasteiger partial charge < -0.3 is 10.4 Å². The van der Waals surface area contributed by atoms with Gasteiger partial charge in [-0.05, 0) is 62.2 Å². The van der Waals surface area contributed by atoms with Gasteiger partial charge in [-0.15, -0.1) is 0 Å². The molecule has 2 aromatic rings. The van der Waals surface area contributed by atoms with Gasteiger partial charge in [-0.1, -0.05) is 11.6 Å². The lowest BCUT2D eigenvalue weighted by molar-refractivity contribution is 0.106. The molecule has 3 atom stereocenters. The van der Waals surface area contributed by atoms with Crippen LogP contribution >= 0.6 is 11.6 Å². The number of nitrogens with zero attached hydrogens (tertiary/aromatic N) is 1. The fourth-order valence-electron chi connectivity index (χ4n) is 4.28. The fourth-order valence-corrected chi connectivity index (χ4v) is 4.52. The van der Waals surface area contributed by atoms with Crippen molar-refractivity contribution >= 4 is 22.5 Å². The monoisotopic (exact) mass is 305 g/mol. The Kier molecular flexibility index (Phi) is 3.40. The quantitative estimate of drug-likeness (QED) is 0.817. The number of piperidine rings is 1. The molecule has 4 nitrogen and oxygen atoms in total. The Morgan fingerprint density at radius 2 is 2.05 bits per heavy atom. The number of aliphatic hydroxyl groups is 1. The number of aromatic nitrogens is 2.